The number of hydrogen-bond acceptors (Lipinski definition) is 5. The second-order valence-corrected chi connectivity index (χ2v) is 8.43. The first-order valence-corrected chi connectivity index (χ1v) is 11.0. The van der Waals surface area contributed by atoms with Crippen LogP contribution in [0.25, 0.3) is 22.4 Å². The Morgan fingerprint density at radius 3 is 2.75 bits per heavy atom. The number of benzene rings is 2. The molecule has 0 spiro atoms. The molecule has 2 aromatic heterocycles. The maximum Gasteiger partial charge on any atom is 0.322 e. The standard InChI is InChI=1S/C24H22ClN5O2/c1-15-14-17(12-13-30(15)24(31)27-20-9-5-3-7-18(20)25)23-28-22(29-32-23)21-11-10-16-6-2-4-8-19(16)26-21/h2-11,15,17H,12-14H2,1H3,(H,27,31)/t15-,17+/m0/s1. The first kappa shape index (κ1) is 20.5. The average molecular weight is 448 g/mol. The molecule has 32 heavy (non-hydrogen) atoms. The normalized spacial score (nSPS) is 18.6. The summed E-state index contributed by atoms with van der Waals surface area (Å²) >= 11 is 6.17. The third-order valence-electron chi connectivity index (χ3n) is 5.87. The molecule has 2 amide bonds. The largest absolute Gasteiger partial charge is 0.339 e. The summed E-state index contributed by atoms with van der Waals surface area (Å²) in [5, 5.41) is 8.64. The number of carbonyl (C=O) groups is 1. The Hall–Kier alpha value is -3.45. The molecule has 4 aromatic rings. The summed E-state index contributed by atoms with van der Waals surface area (Å²) in [4.78, 5) is 23.8. The van der Waals surface area contributed by atoms with E-state index in [0.29, 0.717) is 34.7 Å². The van der Waals surface area contributed by atoms with Crippen molar-refractivity contribution in [3.8, 4) is 11.5 Å². The lowest BCUT2D eigenvalue weighted by Crippen LogP contribution is -2.46. The SMILES string of the molecule is C[C@H]1C[C@H](c2nc(-c3ccc4ccccc4n3)no2)CCN1C(=O)Nc1ccccc1Cl. The number of para-hydroxylation sites is 2. The van der Waals surface area contributed by atoms with Crippen molar-refractivity contribution in [1.29, 1.82) is 0 Å². The highest BCUT2D eigenvalue weighted by atomic mass is 35.5. The Labute approximate surface area is 190 Å². The number of pyridine rings is 1. The van der Waals surface area contributed by atoms with Gasteiger partial charge in [-0.25, -0.2) is 9.78 Å². The van der Waals surface area contributed by atoms with Crippen LogP contribution in [-0.2, 0) is 0 Å². The van der Waals surface area contributed by atoms with E-state index in [1.807, 2.05) is 60.4 Å². The fourth-order valence-corrected chi connectivity index (χ4v) is 4.33. The van der Waals surface area contributed by atoms with Gasteiger partial charge in [0, 0.05) is 23.9 Å². The lowest BCUT2D eigenvalue weighted by molar-refractivity contribution is 0.153. The second-order valence-electron chi connectivity index (χ2n) is 8.02. The summed E-state index contributed by atoms with van der Waals surface area (Å²) < 4.78 is 5.59. The zero-order valence-corrected chi connectivity index (χ0v) is 18.3. The number of halogens is 1. The van der Waals surface area contributed by atoms with Crippen LogP contribution in [0.2, 0.25) is 5.02 Å². The first-order chi connectivity index (χ1) is 15.6. The highest BCUT2D eigenvalue weighted by molar-refractivity contribution is 6.33. The van der Waals surface area contributed by atoms with Crippen molar-refractivity contribution in [2.45, 2.75) is 31.7 Å². The van der Waals surface area contributed by atoms with E-state index in [0.717, 1.165) is 23.7 Å². The van der Waals surface area contributed by atoms with E-state index in [2.05, 4.69) is 20.4 Å². The van der Waals surface area contributed by atoms with Gasteiger partial charge in [0.2, 0.25) is 11.7 Å². The smallest absolute Gasteiger partial charge is 0.322 e. The molecule has 1 aliphatic rings. The number of urea groups is 1. The minimum Gasteiger partial charge on any atom is -0.339 e. The van der Waals surface area contributed by atoms with Crippen LogP contribution in [-0.4, -0.2) is 38.6 Å². The van der Waals surface area contributed by atoms with E-state index in [-0.39, 0.29) is 18.0 Å². The number of amides is 2. The number of nitrogens with zero attached hydrogens (tertiary/aromatic N) is 4. The van der Waals surface area contributed by atoms with Crippen LogP contribution in [0.1, 0.15) is 31.6 Å². The highest BCUT2D eigenvalue weighted by Gasteiger charge is 2.32. The molecule has 5 rings (SSSR count). The number of carbonyl (C=O) groups excluding carboxylic acids is 1. The number of rotatable bonds is 3. The third kappa shape index (κ3) is 4.03. The molecule has 0 unspecified atom stereocenters. The summed E-state index contributed by atoms with van der Waals surface area (Å²) in [5.41, 5.74) is 2.18. The molecule has 3 heterocycles. The molecule has 0 radical (unpaired) electrons. The number of hydrogen-bond donors (Lipinski definition) is 1. The van der Waals surface area contributed by atoms with Crippen LogP contribution in [0.15, 0.2) is 65.2 Å². The molecule has 8 heteroatoms. The van der Waals surface area contributed by atoms with Crippen molar-refractivity contribution in [3.05, 3.63) is 71.6 Å². The van der Waals surface area contributed by atoms with E-state index < -0.39 is 0 Å². The maximum atomic E-state index is 12.8. The van der Waals surface area contributed by atoms with Crippen molar-refractivity contribution in [2.75, 3.05) is 11.9 Å². The summed E-state index contributed by atoms with van der Waals surface area (Å²) in [6.07, 6.45) is 1.48. The van der Waals surface area contributed by atoms with Crippen LogP contribution < -0.4 is 5.32 Å². The van der Waals surface area contributed by atoms with Gasteiger partial charge in [0.1, 0.15) is 5.69 Å². The van der Waals surface area contributed by atoms with Crippen molar-refractivity contribution < 1.29 is 9.32 Å². The molecule has 7 nitrogen and oxygen atoms in total. The van der Waals surface area contributed by atoms with Crippen molar-refractivity contribution in [3.63, 3.8) is 0 Å². The number of fused-ring (bicyclic) bond motifs is 1. The molecule has 2 aromatic carbocycles. The summed E-state index contributed by atoms with van der Waals surface area (Å²) in [7, 11) is 0. The van der Waals surface area contributed by atoms with E-state index in [4.69, 9.17) is 16.1 Å². The van der Waals surface area contributed by atoms with Crippen molar-refractivity contribution in [1.82, 2.24) is 20.0 Å². The minimum atomic E-state index is -0.157. The van der Waals surface area contributed by atoms with E-state index >= 15 is 0 Å². The van der Waals surface area contributed by atoms with Gasteiger partial charge in [-0.1, -0.05) is 53.2 Å². The van der Waals surface area contributed by atoms with Gasteiger partial charge in [0.25, 0.3) is 0 Å². The van der Waals surface area contributed by atoms with Crippen LogP contribution in [0.3, 0.4) is 0 Å². The maximum absolute atomic E-state index is 12.8. The van der Waals surface area contributed by atoms with Gasteiger partial charge in [-0.2, -0.15) is 4.98 Å². The zero-order chi connectivity index (χ0) is 22.1. The monoisotopic (exact) mass is 447 g/mol. The Balaban J connectivity index is 1.27. The quantitative estimate of drug-likeness (QED) is 0.433. The van der Waals surface area contributed by atoms with Crippen molar-refractivity contribution >= 4 is 34.2 Å². The lowest BCUT2D eigenvalue weighted by Gasteiger charge is -2.36. The van der Waals surface area contributed by atoms with E-state index in [9.17, 15) is 4.79 Å². The predicted octanol–water partition coefficient (Wildman–Crippen LogP) is 5.74. The molecule has 0 aliphatic carbocycles. The number of nitrogens with one attached hydrogen (secondary N) is 1. The molecular formula is C24H22ClN5O2. The van der Waals surface area contributed by atoms with Gasteiger partial charge in [0.15, 0.2) is 0 Å². The third-order valence-corrected chi connectivity index (χ3v) is 6.20. The second kappa shape index (κ2) is 8.59. The predicted molar refractivity (Wildman–Crippen MR) is 124 cm³/mol. The van der Waals surface area contributed by atoms with E-state index in [1.165, 1.54) is 0 Å². The molecule has 1 N–H and O–H groups in total. The number of likely N-dealkylation sites (tertiary alicyclic amines) is 1. The molecule has 1 aliphatic heterocycles. The highest BCUT2D eigenvalue weighted by Crippen LogP contribution is 2.32. The molecule has 0 saturated carbocycles. The average Bonchev–Trinajstić information content (AvgIpc) is 3.30. The molecular weight excluding hydrogens is 426 g/mol. The van der Waals surface area contributed by atoms with Gasteiger partial charge in [-0.3, -0.25) is 0 Å². The minimum absolute atomic E-state index is 0.0189. The van der Waals surface area contributed by atoms with E-state index in [1.54, 1.807) is 12.1 Å². The Morgan fingerprint density at radius 2 is 1.91 bits per heavy atom. The fourth-order valence-electron chi connectivity index (χ4n) is 4.14. The zero-order valence-electron chi connectivity index (χ0n) is 17.5. The molecule has 1 fully saturated rings. The fraction of sp³-hybridized carbons (Fsp3) is 0.250. The van der Waals surface area contributed by atoms with Gasteiger partial charge in [-0.05, 0) is 44.0 Å². The van der Waals surface area contributed by atoms with Gasteiger partial charge >= 0.3 is 6.03 Å². The van der Waals surface area contributed by atoms with Crippen LogP contribution in [0.5, 0.6) is 0 Å². The number of anilines is 1. The number of aromatic nitrogens is 3. The van der Waals surface area contributed by atoms with Gasteiger partial charge < -0.3 is 14.7 Å². The summed E-state index contributed by atoms with van der Waals surface area (Å²) in [5.74, 6) is 1.17. The lowest BCUT2D eigenvalue weighted by atomic mass is 9.91. The van der Waals surface area contributed by atoms with Crippen molar-refractivity contribution in [2.24, 2.45) is 0 Å². The van der Waals surface area contributed by atoms with Crippen LogP contribution >= 0.6 is 11.6 Å². The van der Waals surface area contributed by atoms with Gasteiger partial charge in [0.05, 0.1) is 16.2 Å². The topological polar surface area (TPSA) is 84.2 Å². The Bertz CT molecular complexity index is 1270. The summed E-state index contributed by atoms with van der Waals surface area (Å²) in [6, 6.07) is 18.9. The Morgan fingerprint density at radius 1 is 1.09 bits per heavy atom. The Kier molecular flexibility index (Phi) is 5.49. The summed E-state index contributed by atoms with van der Waals surface area (Å²) in [6.45, 7) is 2.62. The van der Waals surface area contributed by atoms with Crippen LogP contribution in [0.4, 0.5) is 10.5 Å². The molecule has 162 valence electrons. The van der Waals surface area contributed by atoms with Crippen LogP contribution in [0, 0.1) is 0 Å². The molecule has 0 bridgehead atoms. The number of piperidine rings is 1. The first-order valence-electron chi connectivity index (χ1n) is 10.6. The van der Waals surface area contributed by atoms with Gasteiger partial charge in [-0.15, -0.1) is 0 Å². The molecule has 2 atom stereocenters. The molecule has 1 saturated heterocycles.